The first kappa shape index (κ1) is 19.7. The molecule has 0 fully saturated rings. The third kappa shape index (κ3) is 3.56. The molecule has 6 heteroatoms. The molecule has 3 nitrogen and oxygen atoms in total. The van der Waals surface area contributed by atoms with E-state index in [1.807, 2.05) is 54.6 Å². The highest BCUT2D eigenvalue weighted by Gasteiger charge is 2.46. The predicted octanol–water partition coefficient (Wildman–Crippen LogP) is 5.12. The standard InChI is InChI=1S/C25H21F3N2O/c26-25(27,28)17-10-11-21-19(13-17)22-18-9-5-4-8-16(18)12-20(22)23(30-21)24(31)29-14-15-6-2-1-3-7-15/h1-11,13,20,22-23,30H,12,14H2,(H,29,31). The summed E-state index contributed by atoms with van der Waals surface area (Å²) in [7, 11) is 0. The topological polar surface area (TPSA) is 41.1 Å². The summed E-state index contributed by atoms with van der Waals surface area (Å²) in [5, 5.41) is 6.23. The quantitative estimate of drug-likeness (QED) is 0.615. The van der Waals surface area contributed by atoms with Crippen molar-refractivity contribution >= 4 is 11.6 Å². The van der Waals surface area contributed by atoms with E-state index in [9.17, 15) is 18.0 Å². The lowest BCUT2D eigenvalue weighted by Gasteiger charge is -2.37. The Morgan fingerprint density at radius 1 is 0.968 bits per heavy atom. The highest BCUT2D eigenvalue weighted by molar-refractivity contribution is 5.87. The molecule has 0 bridgehead atoms. The number of hydrogen-bond acceptors (Lipinski definition) is 2. The van der Waals surface area contributed by atoms with Crippen LogP contribution in [0.25, 0.3) is 0 Å². The Balaban J connectivity index is 1.50. The average Bonchev–Trinajstić information content (AvgIpc) is 3.16. The number of benzene rings is 3. The van der Waals surface area contributed by atoms with E-state index in [0.29, 0.717) is 24.2 Å². The van der Waals surface area contributed by atoms with Gasteiger partial charge in [0.25, 0.3) is 0 Å². The summed E-state index contributed by atoms with van der Waals surface area (Å²) in [6.07, 6.45) is -3.76. The molecule has 31 heavy (non-hydrogen) atoms. The summed E-state index contributed by atoms with van der Waals surface area (Å²) in [5.41, 5.74) is 3.62. The van der Waals surface area contributed by atoms with E-state index in [1.165, 1.54) is 12.1 Å². The first-order valence-corrected chi connectivity index (χ1v) is 10.3. The van der Waals surface area contributed by atoms with Crippen molar-refractivity contribution in [2.24, 2.45) is 5.92 Å². The molecule has 3 atom stereocenters. The highest BCUT2D eigenvalue weighted by Crippen LogP contribution is 2.50. The number of halogens is 3. The first-order chi connectivity index (χ1) is 14.9. The number of carbonyl (C=O) groups excluding carboxylic acids is 1. The largest absolute Gasteiger partial charge is 0.416 e. The first-order valence-electron chi connectivity index (χ1n) is 10.3. The lowest BCUT2D eigenvalue weighted by molar-refractivity contribution is -0.137. The van der Waals surface area contributed by atoms with Gasteiger partial charge in [0.15, 0.2) is 0 Å². The van der Waals surface area contributed by atoms with E-state index in [2.05, 4.69) is 10.6 Å². The summed E-state index contributed by atoms with van der Waals surface area (Å²) in [5.74, 6) is -0.538. The fourth-order valence-corrected chi connectivity index (χ4v) is 4.89. The number of fused-ring (bicyclic) bond motifs is 5. The van der Waals surface area contributed by atoms with Crippen molar-refractivity contribution in [1.82, 2.24) is 5.32 Å². The molecule has 1 aliphatic heterocycles. The van der Waals surface area contributed by atoms with E-state index in [-0.39, 0.29) is 17.7 Å². The lowest BCUT2D eigenvalue weighted by Crippen LogP contribution is -2.48. The molecule has 0 saturated heterocycles. The van der Waals surface area contributed by atoms with Crippen LogP contribution in [0.5, 0.6) is 0 Å². The van der Waals surface area contributed by atoms with Crippen LogP contribution in [0.4, 0.5) is 18.9 Å². The molecule has 2 N–H and O–H groups in total. The Morgan fingerprint density at radius 2 is 1.71 bits per heavy atom. The van der Waals surface area contributed by atoms with Crippen LogP contribution >= 0.6 is 0 Å². The molecule has 0 saturated carbocycles. The van der Waals surface area contributed by atoms with Crippen LogP contribution < -0.4 is 10.6 Å². The Bertz CT molecular complexity index is 1130. The molecule has 0 spiro atoms. The van der Waals surface area contributed by atoms with Crippen molar-refractivity contribution < 1.29 is 18.0 Å². The Kier molecular flexibility index (Phi) is 4.73. The van der Waals surface area contributed by atoms with E-state index >= 15 is 0 Å². The van der Waals surface area contributed by atoms with Gasteiger partial charge in [-0.25, -0.2) is 0 Å². The van der Waals surface area contributed by atoms with Gasteiger partial charge in [0.2, 0.25) is 5.91 Å². The van der Waals surface area contributed by atoms with Gasteiger partial charge in [-0.05, 0) is 46.9 Å². The second kappa shape index (κ2) is 7.45. The van der Waals surface area contributed by atoms with E-state index in [4.69, 9.17) is 0 Å². The predicted molar refractivity (Wildman–Crippen MR) is 113 cm³/mol. The molecule has 3 unspecified atom stereocenters. The van der Waals surface area contributed by atoms with Crippen molar-refractivity contribution in [2.45, 2.75) is 31.1 Å². The van der Waals surface area contributed by atoms with Crippen molar-refractivity contribution in [3.05, 3.63) is 101 Å². The van der Waals surface area contributed by atoms with Crippen molar-refractivity contribution in [1.29, 1.82) is 0 Å². The number of alkyl halides is 3. The normalized spacial score (nSPS) is 21.5. The molecule has 158 valence electrons. The molecular formula is C25H21F3N2O. The molecule has 1 heterocycles. The van der Waals surface area contributed by atoms with Gasteiger partial charge in [0.1, 0.15) is 6.04 Å². The zero-order valence-corrected chi connectivity index (χ0v) is 16.6. The molecule has 5 rings (SSSR count). The summed E-state index contributed by atoms with van der Waals surface area (Å²) in [4.78, 5) is 13.1. The number of anilines is 1. The third-order valence-electron chi connectivity index (χ3n) is 6.32. The van der Waals surface area contributed by atoms with Gasteiger partial charge >= 0.3 is 6.18 Å². The van der Waals surface area contributed by atoms with Crippen LogP contribution in [0.15, 0.2) is 72.8 Å². The molecule has 3 aromatic carbocycles. The minimum Gasteiger partial charge on any atom is -0.373 e. The highest BCUT2D eigenvalue weighted by atomic mass is 19.4. The summed E-state index contributed by atoms with van der Waals surface area (Å²) >= 11 is 0. The number of hydrogen-bond donors (Lipinski definition) is 2. The molecule has 3 aromatic rings. The smallest absolute Gasteiger partial charge is 0.373 e. The molecule has 2 aliphatic rings. The van der Waals surface area contributed by atoms with Gasteiger partial charge in [-0.2, -0.15) is 13.2 Å². The van der Waals surface area contributed by atoms with E-state index in [0.717, 1.165) is 22.8 Å². The summed E-state index contributed by atoms with van der Waals surface area (Å²) in [6, 6.07) is 20.7. The minimum atomic E-state index is -4.41. The van der Waals surface area contributed by atoms with Crippen LogP contribution in [0.3, 0.4) is 0 Å². The van der Waals surface area contributed by atoms with Crippen LogP contribution in [0, 0.1) is 5.92 Å². The van der Waals surface area contributed by atoms with E-state index in [1.54, 1.807) is 0 Å². The van der Waals surface area contributed by atoms with Crippen LogP contribution in [-0.4, -0.2) is 11.9 Å². The molecular weight excluding hydrogens is 401 g/mol. The van der Waals surface area contributed by atoms with Gasteiger partial charge in [-0.1, -0.05) is 54.6 Å². The maximum atomic E-state index is 13.4. The van der Waals surface area contributed by atoms with Gasteiger partial charge < -0.3 is 10.6 Å². The average molecular weight is 422 g/mol. The minimum absolute atomic E-state index is 0.141. The number of nitrogens with one attached hydrogen (secondary N) is 2. The molecule has 0 radical (unpaired) electrons. The Labute approximate surface area is 178 Å². The Morgan fingerprint density at radius 3 is 2.48 bits per heavy atom. The maximum Gasteiger partial charge on any atom is 0.416 e. The van der Waals surface area contributed by atoms with E-state index < -0.39 is 17.8 Å². The monoisotopic (exact) mass is 422 g/mol. The SMILES string of the molecule is O=C(NCc1ccccc1)C1Nc2ccc(C(F)(F)F)cc2C2c3ccccc3CC12. The van der Waals surface area contributed by atoms with Gasteiger partial charge in [-0.15, -0.1) is 0 Å². The Hall–Kier alpha value is -3.28. The number of carbonyl (C=O) groups is 1. The zero-order valence-electron chi connectivity index (χ0n) is 16.6. The van der Waals surface area contributed by atoms with Crippen molar-refractivity contribution in [3.8, 4) is 0 Å². The van der Waals surface area contributed by atoms with Gasteiger partial charge in [-0.3, -0.25) is 4.79 Å². The van der Waals surface area contributed by atoms with Crippen LogP contribution in [-0.2, 0) is 23.9 Å². The third-order valence-corrected chi connectivity index (χ3v) is 6.32. The summed E-state index contributed by atoms with van der Waals surface area (Å²) in [6.45, 7) is 0.405. The van der Waals surface area contributed by atoms with Crippen LogP contribution in [0.2, 0.25) is 0 Å². The number of rotatable bonds is 3. The molecule has 0 aromatic heterocycles. The van der Waals surface area contributed by atoms with Crippen molar-refractivity contribution in [3.63, 3.8) is 0 Å². The zero-order chi connectivity index (χ0) is 21.6. The molecule has 1 amide bonds. The second-order valence-electron chi connectivity index (χ2n) is 8.17. The van der Waals surface area contributed by atoms with Crippen molar-refractivity contribution in [2.75, 3.05) is 5.32 Å². The van der Waals surface area contributed by atoms with Gasteiger partial charge in [0, 0.05) is 24.1 Å². The second-order valence-corrected chi connectivity index (χ2v) is 8.17. The molecule has 1 aliphatic carbocycles. The summed E-state index contributed by atoms with van der Waals surface area (Å²) < 4.78 is 40.1. The fraction of sp³-hybridized carbons (Fsp3) is 0.240. The fourth-order valence-electron chi connectivity index (χ4n) is 4.89. The lowest BCUT2D eigenvalue weighted by atomic mass is 9.77. The number of amides is 1. The van der Waals surface area contributed by atoms with Gasteiger partial charge in [0.05, 0.1) is 5.56 Å². The maximum absolute atomic E-state index is 13.4. The van der Waals surface area contributed by atoms with Crippen LogP contribution in [0.1, 0.15) is 33.7 Å².